The Bertz CT molecular complexity index is 384. The van der Waals surface area contributed by atoms with E-state index in [1.54, 1.807) is 0 Å². The molecule has 1 aliphatic rings. The fourth-order valence-corrected chi connectivity index (χ4v) is 1.78. The molecule has 72 valence electrons. The molecule has 0 saturated heterocycles. The van der Waals surface area contributed by atoms with Gasteiger partial charge >= 0.3 is 0 Å². The normalized spacial score (nSPS) is 15.5. The Kier molecular flexibility index (Phi) is 2.54. The Balaban J connectivity index is 2.04. The molecule has 14 heavy (non-hydrogen) atoms. The molecule has 1 aliphatic heterocycles. The summed E-state index contributed by atoms with van der Waals surface area (Å²) >= 11 is 1.16. The number of carbonyl (C=O) groups excluding carboxylic acids is 1. The average Bonchev–Trinajstić information content (AvgIpc) is 2.56. The molecular weight excluding hydrogens is 196 g/mol. The molecule has 4 heteroatoms. The van der Waals surface area contributed by atoms with Gasteiger partial charge in [0.2, 0.25) is 5.12 Å². The lowest BCUT2D eigenvalue weighted by molar-refractivity contribution is -0.109. The van der Waals surface area contributed by atoms with Gasteiger partial charge in [0.05, 0.1) is 0 Å². The van der Waals surface area contributed by atoms with Crippen molar-refractivity contribution < 1.29 is 4.79 Å². The van der Waals surface area contributed by atoms with Crippen LogP contribution in [0.2, 0.25) is 0 Å². The molecule has 0 bridgehead atoms. The number of benzene rings is 1. The second kappa shape index (κ2) is 3.84. The molecule has 3 nitrogen and oxygen atoms in total. The number of aryl methyl sites for hydroxylation is 1. The van der Waals surface area contributed by atoms with Gasteiger partial charge in [-0.2, -0.15) is 0 Å². The van der Waals surface area contributed by atoms with Gasteiger partial charge in [0.15, 0.2) is 5.17 Å². The number of rotatable bonds is 1. The first-order valence-corrected chi connectivity index (χ1v) is 5.14. The number of nitrogens with one attached hydrogen (secondary N) is 1. The highest BCUT2D eigenvalue weighted by atomic mass is 32.2. The van der Waals surface area contributed by atoms with Crippen molar-refractivity contribution in [2.24, 2.45) is 4.99 Å². The molecule has 1 aromatic rings. The zero-order valence-corrected chi connectivity index (χ0v) is 8.60. The number of nitrogens with zero attached hydrogens (tertiary/aromatic N) is 1. The minimum absolute atomic E-state index is 0.0969. The molecule has 0 aliphatic carbocycles. The molecule has 0 spiro atoms. The van der Waals surface area contributed by atoms with Crippen molar-refractivity contribution >= 4 is 27.7 Å². The van der Waals surface area contributed by atoms with E-state index in [-0.39, 0.29) is 5.12 Å². The summed E-state index contributed by atoms with van der Waals surface area (Å²) in [7, 11) is 0. The van der Waals surface area contributed by atoms with Crippen LogP contribution in [0.1, 0.15) is 5.56 Å². The van der Waals surface area contributed by atoms with Crippen LogP contribution < -0.4 is 5.32 Å². The molecule has 0 unspecified atom stereocenters. The number of hydrogen-bond acceptors (Lipinski definition) is 4. The Morgan fingerprint density at radius 2 is 2.07 bits per heavy atom. The molecule has 2 rings (SSSR count). The van der Waals surface area contributed by atoms with Gasteiger partial charge in [-0.25, -0.2) is 0 Å². The third-order valence-corrected chi connectivity index (χ3v) is 2.65. The fourth-order valence-electron chi connectivity index (χ4n) is 1.13. The van der Waals surface area contributed by atoms with Crippen LogP contribution in [0, 0.1) is 6.92 Å². The van der Waals surface area contributed by atoms with E-state index in [1.165, 1.54) is 5.56 Å². The molecule has 1 heterocycles. The van der Waals surface area contributed by atoms with E-state index in [0.29, 0.717) is 11.7 Å². The highest BCUT2D eigenvalue weighted by Crippen LogP contribution is 2.17. The van der Waals surface area contributed by atoms with Gasteiger partial charge in [-0.15, -0.1) is 0 Å². The number of carbonyl (C=O) groups is 1. The maximum absolute atomic E-state index is 10.9. The molecular formula is C10H10N2OS. The molecule has 0 saturated carbocycles. The topological polar surface area (TPSA) is 41.5 Å². The molecule has 0 aromatic heterocycles. The molecule has 0 fully saturated rings. The molecule has 0 radical (unpaired) electrons. The lowest BCUT2D eigenvalue weighted by atomic mass is 10.2. The number of anilines is 1. The van der Waals surface area contributed by atoms with Gasteiger partial charge in [-0.3, -0.25) is 9.79 Å². The van der Waals surface area contributed by atoms with Gasteiger partial charge in [0.25, 0.3) is 0 Å². The van der Waals surface area contributed by atoms with Crippen molar-refractivity contribution in [3.05, 3.63) is 29.8 Å². The molecule has 1 aromatic carbocycles. The predicted octanol–water partition coefficient (Wildman–Crippen LogP) is 2.04. The van der Waals surface area contributed by atoms with Gasteiger partial charge in [-0.1, -0.05) is 17.7 Å². The van der Waals surface area contributed by atoms with Crippen LogP contribution in [0.25, 0.3) is 0 Å². The zero-order valence-electron chi connectivity index (χ0n) is 7.78. The van der Waals surface area contributed by atoms with Crippen LogP contribution in [0.15, 0.2) is 29.3 Å². The first-order chi connectivity index (χ1) is 6.74. The van der Waals surface area contributed by atoms with Crippen molar-refractivity contribution in [2.45, 2.75) is 6.92 Å². The third kappa shape index (κ3) is 2.14. The minimum atomic E-state index is 0.0969. The Labute approximate surface area is 86.6 Å². The largest absolute Gasteiger partial charge is 0.335 e. The van der Waals surface area contributed by atoms with Crippen LogP contribution in [-0.2, 0) is 4.79 Å². The monoisotopic (exact) mass is 206 g/mol. The van der Waals surface area contributed by atoms with Crippen molar-refractivity contribution in [1.29, 1.82) is 0 Å². The quantitative estimate of drug-likeness (QED) is 0.764. The summed E-state index contributed by atoms with van der Waals surface area (Å²) in [6.07, 6.45) is 0. The summed E-state index contributed by atoms with van der Waals surface area (Å²) in [5.41, 5.74) is 2.18. The van der Waals surface area contributed by atoms with Gasteiger partial charge in [-0.05, 0) is 30.8 Å². The summed E-state index contributed by atoms with van der Waals surface area (Å²) in [5.74, 6) is 0. The van der Waals surface area contributed by atoms with Gasteiger partial charge < -0.3 is 5.32 Å². The first kappa shape index (κ1) is 9.27. The SMILES string of the molecule is Cc1ccc(NC2=NCC(=O)S2)cc1. The predicted molar refractivity (Wildman–Crippen MR) is 59.7 cm³/mol. The number of hydrogen-bond donors (Lipinski definition) is 1. The summed E-state index contributed by atoms with van der Waals surface area (Å²) in [5, 5.41) is 3.88. The molecule has 0 amide bonds. The minimum Gasteiger partial charge on any atom is -0.335 e. The smallest absolute Gasteiger partial charge is 0.218 e. The lowest BCUT2D eigenvalue weighted by Crippen LogP contribution is -2.04. The standard InChI is InChI=1S/C10H10N2OS/c1-7-2-4-8(5-3-7)12-10-11-6-9(13)14-10/h2-5H,6H2,1H3,(H,11,12). The van der Waals surface area contributed by atoms with Crippen LogP contribution >= 0.6 is 11.8 Å². The van der Waals surface area contributed by atoms with Crippen molar-refractivity contribution in [1.82, 2.24) is 0 Å². The average molecular weight is 206 g/mol. The van der Waals surface area contributed by atoms with E-state index >= 15 is 0 Å². The van der Waals surface area contributed by atoms with Crippen LogP contribution in [-0.4, -0.2) is 16.8 Å². The van der Waals surface area contributed by atoms with E-state index in [1.807, 2.05) is 31.2 Å². The third-order valence-electron chi connectivity index (χ3n) is 1.87. The van der Waals surface area contributed by atoms with Gasteiger partial charge in [0.1, 0.15) is 6.54 Å². The van der Waals surface area contributed by atoms with Crippen LogP contribution in [0.4, 0.5) is 5.69 Å². The summed E-state index contributed by atoms with van der Waals surface area (Å²) in [4.78, 5) is 15.0. The number of amidine groups is 1. The maximum atomic E-state index is 10.9. The summed E-state index contributed by atoms with van der Waals surface area (Å²) in [6, 6.07) is 7.98. The van der Waals surface area contributed by atoms with Crippen molar-refractivity contribution in [3.63, 3.8) is 0 Å². The zero-order chi connectivity index (χ0) is 9.97. The van der Waals surface area contributed by atoms with Crippen LogP contribution in [0.5, 0.6) is 0 Å². The second-order valence-corrected chi connectivity index (χ2v) is 4.13. The molecule has 0 atom stereocenters. The van der Waals surface area contributed by atoms with Crippen LogP contribution in [0.3, 0.4) is 0 Å². The van der Waals surface area contributed by atoms with E-state index in [4.69, 9.17) is 0 Å². The highest BCUT2D eigenvalue weighted by Gasteiger charge is 2.15. The fraction of sp³-hybridized carbons (Fsp3) is 0.200. The first-order valence-electron chi connectivity index (χ1n) is 4.33. The molecule has 1 N–H and O–H groups in total. The Morgan fingerprint density at radius 3 is 2.64 bits per heavy atom. The second-order valence-electron chi connectivity index (χ2n) is 3.09. The van der Waals surface area contributed by atoms with E-state index in [0.717, 1.165) is 17.4 Å². The Hall–Kier alpha value is -1.29. The van der Waals surface area contributed by atoms with E-state index in [2.05, 4.69) is 10.3 Å². The lowest BCUT2D eigenvalue weighted by Gasteiger charge is -2.03. The summed E-state index contributed by atoms with van der Waals surface area (Å²) < 4.78 is 0. The van der Waals surface area contributed by atoms with E-state index < -0.39 is 0 Å². The summed E-state index contributed by atoms with van der Waals surface area (Å²) in [6.45, 7) is 2.33. The maximum Gasteiger partial charge on any atom is 0.218 e. The highest BCUT2D eigenvalue weighted by molar-refractivity contribution is 8.27. The number of thioether (sulfide) groups is 1. The van der Waals surface area contributed by atoms with Crippen molar-refractivity contribution in [3.8, 4) is 0 Å². The van der Waals surface area contributed by atoms with Gasteiger partial charge in [0, 0.05) is 5.69 Å². The van der Waals surface area contributed by atoms with Crippen molar-refractivity contribution in [2.75, 3.05) is 11.9 Å². The van der Waals surface area contributed by atoms with E-state index in [9.17, 15) is 4.79 Å². The Morgan fingerprint density at radius 1 is 1.36 bits per heavy atom. The number of aliphatic imine (C=N–C) groups is 1.